The largest absolute Gasteiger partial charge is 0.310 e. The molecule has 0 amide bonds. The lowest BCUT2D eigenvalue weighted by Gasteiger charge is -2.18. The van der Waals surface area contributed by atoms with Gasteiger partial charge in [0.2, 0.25) is 0 Å². The molecule has 0 saturated carbocycles. The summed E-state index contributed by atoms with van der Waals surface area (Å²) < 4.78 is 13.1. The lowest BCUT2D eigenvalue weighted by molar-refractivity contribution is 0.0922. The highest BCUT2D eigenvalue weighted by Gasteiger charge is 2.21. The number of halogens is 1. The monoisotopic (exact) mass is 223 g/mol. The third kappa shape index (κ3) is 2.67. The number of aryl methyl sites for hydroxylation is 1. The van der Waals surface area contributed by atoms with E-state index >= 15 is 0 Å². The van der Waals surface area contributed by atoms with Gasteiger partial charge in [0.1, 0.15) is 5.82 Å². The minimum Gasteiger partial charge on any atom is -0.310 e. The first-order chi connectivity index (χ1) is 7.47. The Balaban J connectivity index is 2.99. The fraction of sp³-hybridized carbons (Fsp3) is 0.462. The van der Waals surface area contributed by atoms with Crippen LogP contribution < -0.4 is 5.32 Å². The molecule has 1 aromatic carbocycles. The minimum absolute atomic E-state index is 0.0144. The zero-order chi connectivity index (χ0) is 12.3. The van der Waals surface area contributed by atoms with Crippen molar-refractivity contribution in [3.05, 3.63) is 35.1 Å². The quantitative estimate of drug-likeness (QED) is 0.795. The molecule has 0 aliphatic carbocycles. The predicted octanol–water partition coefficient (Wildman–Crippen LogP) is 2.56. The highest BCUT2D eigenvalue weighted by atomic mass is 19.1. The van der Waals surface area contributed by atoms with Crippen molar-refractivity contribution < 1.29 is 9.18 Å². The molecule has 0 radical (unpaired) electrons. The molecule has 1 N–H and O–H groups in total. The van der Waals surface area contributed by atoms with Gasteiger partial charge in [-0.2, -0.15) is 0 Å². The summed E-state index contributed by atoms with van der Waals surface area (Å²) in [5.74, 6) is -0.0504. The highest BCUT2D eigenvalue weighted by Crippen LogP contribution is 2.14. The van der Waals surface area contributed by atoms with Crippen LogP contribution in [0.4, 0.5) is 4.39 Å². The molecular formula is C13H18FNO. The molecule has 1 rings (SSSR count). The fourth-order valence-electron chi connectivity index (χ4n) is 1.74. The maximum Gasteiger partial charge on any atom is 0.179 e. The average molecular weight is 223 g/mol. The fourth-order valence-corrected chi connectivity index (χ4v) is 1.74. The number of hydrogen-bond donors (Lipinski definition) is 1. The SMILES string of the molecule is CNC(C(=O)c1ccc(F)c(C)c1)C(C)C. The standard InChI is InChI=1S/C13H18FNO/c1-8(2)12(15-4)13(16)10-5-6-11(14)9(3)7-10/h5-8,12,15H,1-4H3. The van der Waals surface area contributed by atoms with E-state index in [-0.39, 0.29) is 23.6 Å². The van der Waals surface area contributed by atoms with Crippen molar-refractivity contribution in [3.63, 3.8) is 0 Å². The summed E-state index contributed by atoms with van der Waals surface area (Å²) in [6.45, 7) is 5.63. The topological polar surface area (TPSA) is 29.1 Å². The van der Waals surface area contributed by atoms with Gasteiger partial charge >= 0.3 is 0 Å². The van der Waals surface area contributed by atoms with E-state index in [2.05, 4.69) is 5.32 Å². The Bertz CT molecular complexity index is 388. The van der Waals surface area contributed by atoms with Gasteiger partial charge in [0.05, 0.1) is 6.04 Å². The van der Waals surface area contributed by atoms with E-state index in [0.717, 1.165) is 0 Å². The van der Waals surface area contributed by atoms with Crippen LogP contribution in [0.3, 0.4) is 0 Å². The average Bonchev–Trinajstić information content (AvgIpc) is 2.22. The number of likely N-dealkylation sites (N-methyl/N-ethyl adjacent to an activating group) is 1. The molecular weight excluding hydrogens is 205 g/mol. The van der Waals surface area contributed by atoms with E-state index in [1.54, 1.807) is 20.0 Å². The van der Waals surface area contributed by atoms with E-state index in [1.807, 2.05) is 13.8 Å². The van der Waals surface area contributed by atoms with E-state index in [9.17, 15) is 9.18 Å². The van der Waals surface area contributed by atoms with Crippen molar-refractivity contribution in [2.24, 2.45) is 5.92 Å². The van der Waals surface area contributed by atoms with Gasteiger partial charge in [0.25, 0.3) is 0 Å². The first-order valence-electron chi connectivity index (χ1n) is 5.45. The highest BCUT2D eigenvalue weighted by molar-refractivity contribution is 6.00. The zero-order valence-electron chi connectivity index (χ0n) is 10.2. The molecule has 16 heavy (non-hydrogen) atoms. The summed E-state index contributed by atoms with van der Waals surface area (Å²) in [6.07, 6.45) is 0. The van der Waals surface area contributed by atoms with Crippen LogP contribution in [0.25, 0.3) is 0 Å². The van der Waals surface area contributed by atoms with Crippen LogP contribution in [-0.4, -0.2) is 18.9 Å². The molecule has 0 heterocycles. The number of hydrogen-bond acceptors (Lipinski definition) is 2. The van der Waals surface area contributed by atoms with Gasteiger partial charge in [-0.05, 0) is 43.7 Å². The van der Waals surface area contributed by atoms with Gasteiger partial charge in [0.15, 0.2) is 5.78 Å². The molecule has 0 spiro atoms. The Kier molecular flexibility index (Phi) is 4.19. The maximum atomic E-state index is 13.1. The Hall–Kier alpha value is -1.22. The number of Topliss-reactive ketones (excluding diaryl/α,β-unsaturated/α-hetero) is 1. The molecule has 0 saturated heterocycles. The summed E-state index contributed by atoms with van der Waals surface area (Å²) in [6, 6.07) is 4.27. The van der Waals surface area contributed by atoms with Gasteiger partial charge in [-0.3, -0.25) is 4.79 Å². The third-order valence-electron chi connectivity index (χ3n) is 2.70. The van der Waals surface area contributed by atoms with Crippen molar-refractivity contribution in [1.29, 1.82) is 0 Å². The van der Waals surface area contributed by atoms with Gasteiger partial charge in [0, 0.05) is 5.56 Å². The van der Waals surface area contributed by atoms with Gasteiger partial charge in [-0.1, -0.05) is 13.8 Å². The number of carbonyl (C=O) groups is 1. The number of rotatable bonds is 4. The summed E-state index contributed by atoms with van der Waals surface area (Å²) >= 11 is 0. The van der Waals surface area contributed by atoms with Crippen molar-refractivity contribution in [1.82, 2.24) is 5.32 Å². The van der Waals surface area contributed by atoms with Crippen LogP contribution in [0.2, 0.25) is 0 Å². The lowest BCUT2D eigenvalue weighted by atomic mass is 9.94. The van der Waals surface area contributed by atoms with Crippen LogP contribution >= 0.6 is 0 Å². The normalized spacial score (nSPS) is 12.9. The summed E-state index contributed by atoms with van der Waals surface area (Å²) in [5, 5.41) is 2.99. The van der Waals surface area contributed by atoms with Gasteiger partial charge < -0.3 is 5.32 Å². The van der Waals surface area contributed by atoms with E-state index in [4.69, 9.17) is 0 Å². The Labute approximate surface area is 95.9 Å². The van der Waals surface area contributed by atoms with Crippen LogP contribution in [0.1, 0.15) is 29.8 Å². The maximum absolute atomic E-state index is 13.1. The summed E-state index contributed by atoms with van der Waals surface area (Å²) in [7, 11) is 1.76. The molecule has 3 heteroatoms. The van der Waals surface area contributed by atoms with Crippen LogP contribution in [0.15, 0.2) is 18.2 Å². The number of benzene rings is 1. The minimum atomic E-state index is -0.276. The summed E-state index contributed by atoms with van der Waals surface area (Å²) in [4.78, 5) is 12.1. The van der Waals surface area contributed by atoms with E-state index < -0.39 is 0 Å². The van der Waals surface area contributed by atoms with Crippen molar-refractivity contribution >= 4 is 5.78 Å². The first kappa shape index (κ1) is 12.8. The molecule has 0 aromatic heterocycles. The number of nitrogens with one attached hydrogen (secondary N) is 1. The van der Waals surface area contributed by atoms with Gasteiger partial charge in [-0.15, -0.1) is 0 Å². The van der Waals surface area contributed by atoms with Crippen LogP contribution in [0.5, 0.6) is 0 Å². The second-order valence-corrected chi connectivity index (χ2v) is 4.34. The molecule has 0 fully saturated rings. The van der Waals surface area contributed by atoms with Gasteiger partial charge in [-0.25, -0.2) is 4.39 Å². The second kappa shape index (κ2) is 5.21. The van der Waals surface area contributed by atoms with Crippen molar-refractivity contribution in [2.45, 2.75) is 26.8 Å². The second-order valence-electron chi connectivity index (χ2n) is 4.34. The Morgan fingerprint density at radius 2 is 2.00 bits per heavy atom. The van der Waals surface area contributed by atoms with Crippen LogP contribution in [-0.2, 0) is 0 Å². The predicted molar refractivity (Wildman–Crippen MR) is 63.2 cm³/mol. The molecule has 0 aliphatic heterocycles. The van der Waals surface area contributed by atoms with Crippen molar-refractivity contribution in [3.8, 4) is 0 Å². The summed E-state index contributed by atoms with van der Waals surface area (Å²) in [5.41, 5.74) is 1.07. The zero-order valence-corrected chi connectivity index (χ0v) is 10.2. The molecule has 88 valence electrons. The van der Waals surface area contributed by atoms with Crippen LogP contribution in [0, 0.1) is 18.7 Å². The van der Waals surface area contributed by atoms with Crippen molar-refractivity contribution in [2.75, 3.05) is 7.05 Å². The smallest absolute Gasteiger partial charge is 0.179 e. The molecule has 2 nitrogen and oxygen atoms in total. The lowest BCUT2D eigenvalue weighted by Crippen LogP contribution is -2.38. The Morgan fingerprint density at radius 1 is 1.38 bits per heavy atom. The number of ketones is 1. The number of carbonyl (C=O) groups excluding carboxylic acids is 1. The molecule has 1 aromatic rings. The van der Waals surface area contributed by atoms with E-state index in [1.165, 1.54) is 12.1 Å². The third-order valence-corrected chi connectivity index (χ3v) is 2.70. The molecule has 1 atom stereocenters. The molecule has 0 aliphatic rings. The Morgan fingerprint density at radius 3 is 2.44 bits per heavy atom. The molecule has 0 bridgehead atoms. The van der Waals surface area contributed by atoms with E-state index in [0.29, 0.717) is 11.1 Å². The molecule has 1 unspecified atom stereocenters. The first-order valence-corrected chi connectivity index (χ1v) is 5.45.